The number of aryl methyl sites for hydroxylation is 1. The van der Waals surface area contributed by atoms with Crippen molar-refractivity contribution in [1.82, 2.24) is 0 Å². The highest BCUT2D eigenvalue weighted by Crippen LogP contribution is 2.31. The summed E-state index contributed by atoms with van der Waals surface area (Å²) in [6.45, 7) is 1.99. The molecule has 0 spiro atoms. The number of hydrogen-bond acceptors (Lipinski definition) is 4. The first-order valence-electron chi connectivity index (χ1n) is 9.29. The Morgan fingerprint density at radius 1 is 0.933 bits per heavy atom. The van der Waals surface area contributed by atoms with Crippen molar-refractivity contribution >= 4 is 33.8 Å². The first kappa shape index (κ1) is 20.1. The topological polar surface area (TPSA) is 66.4 Å². The van der Waals surface area contributed by atoms with Gasteiger partial charge in [0.25, 0.3) is 0 Å². The van der Waals surface area contributed by atoms with Crippen LogP contribution in [0.4, 0.5) is 5.69 Å². The Balaban J connectivity index is 1.53. The molecule has 0 bridgehead atoms. The van der Waals surface area contributed by atoms with Crippen molar-refractivity contribution < 1.29 is 14.1 Å². The van der Waals surface area contributed by atoms with Gasteiger partial charge in [-0.2, -0.15) is 0 Å². The third-order valence-corrected chi connectivity index (χ3v) is 6.79. The number of phenolic OH excluding ortho intramolecular Hbond substituents is 1. The summed E-state index contributed by atoms with van der Waals surface area (Å²) < 4.78 is 15.6. The number of rotatable bonds is 6. The number of nitrogens with one attached hydrogen (secondary N) is 1. The maximum Gasteiger partial charge on any atom is 0.203 e. The molecule has 0 fully saturated rings. The van der Waals surface area contributed by atoms with Crippen LogP contribution in [0.3, 0.4) is 0 Å². The summed E-state index contributed by atoms with van der Waals surface area (Å²) in [5.41, 5.74) is 3.24. The zero-order valence-electron chi connectivity index (χ0n) is 16.2. The summed E-state index contributed by atoms with van der Waals surface area (Å²) in [6.07, 6.45) is 0. The largest absolute Gasteiger partial charge is 0.508 e. The second-order valence-corrected chi connectivity index (χ2v) is 9.10. The van der Waals surface area contributed by atoms with Gasteiger partial charge in [0.05, 0.1) is 9.77 Å². The molecular weight excluding hydrogens is 414 g/mol. The van der Waals surface area contributed by atoms with Crippen molar-refractivity contribution in [2.45, 2.75) is 11.8 Å². The summed E-state index contributed by atoms with van der Waals surface area (Å²) in [4.78, 5) is 14.9. The smallest absolute Gasteiger partial charge is 0.203 e. The fourth-order valence-electron chi connectivity index (χ4n) is 2.97. The summed E-state index contributed by atoms with van der Waals surface area (Å²) in [7, 11) is -1.36. The minimum absolute atomic E-state index is 0.0676. The van der Waals surface area contributed by atoms with Crippen molar-refractivity contribution in [3.8, 4) is 16.2 Å². The lowest BCUT2D eigenvalue weighted by Crippen LogP contribution is -2.04. The lowest BCUT2D eigenvalue weighted by molar-refractivity contribution is 0.104. The number of thiophene rings is 1. The van der Waals surface area contributed by atoms with Crippen LogP contribution in [-0.2, 0) is 11.0 Å². The second-order valence-electron chi connectivity index (χ2n) is 6.81. The molecular formula is C24H19NO3S2. The van der Waals surface area contributed by atoms with Crippen LogP contribution in [0.2, 0.25) is 0 Å². The van der Waals surface area contributed by atoms with Gasteiger partial charge >= 0.3 is 0 Å². The van der Waals surface area contributed by atoms with Crippen LogP contribution < -0.4 is 4.72 Å². The minimum atomic E-state index is -1.36. The highest BCUT2D eigenvalue weighted by Gasteiger charge is 2.14. The van der Waals surface area contributed by atoms with E-state index in [1.807, 2.05) is 61.5 Å². The molecule has 1 unspecified atom stereocenters. The average Bonchev–Trinajstić information content (AvgIpc) is 3.24. The molecule has 1 atom stereocenters. The van der Waals surface area contributed by atoms with Gasteiger partial charge in [-0.25, -0.2) is 4.21 Å². The van der Waals surface area contributed by atoms with Crippen LogP contribution in [0.5, 0.6) is 5.75 Å². The fourth-order valence-corrected chi connectivity index (χ4v) is 4.77. The van der Waals surface area contributed by atoms with Gasteiger partial charge in [-0.05, 0) is 61.0 Å². The molecule has 4 nitrogen and oxygen atoms in total. The molecule has 1 heterocycles. The number of ketones is 1. The van der Waals surface area contributed by atoms with E-state index in [9.17, 15) is 14.1 Å². The molecule has 0 radical (unpaired) electrons. The van der Waals surface area contributed by atoms with Gasteiger partial charge < -0.3 is 9.83 Å². The van der Waals surface area contributed by atoms with E-state index < -0.39 is 11.0 Å². The average molecular weight is 434 g/mol. The van der Waals surface area contributed by atoms with E-state index in [0.717, 1.165) is 21.7 Å². The summed E-state index contributed by atoms with van der Waals surface area (Å²) in [5.74, 6) is -0.0603. The van der Waals surface area contributed by atoms with Crippen LogP contribution in [-0.4, -0.2) is 15.1 Å². The molecule has 0 aliphatic carbocycles. The molecule has 4 aromatic rings. The molecule has 0 amide bonds. The Hall–Kier alpha value is -3.22. The standard InChI is InChI=1S/C24H19NO3S2/c1-16-8-10-21(11-9-16)30(28)25-19-6-2-4-17(14-19)22-12-13-23(29-22)24(27)18-5-3-7-20(26)15-18/h2-15,25-26H,1H3. The van der Waals surface area contributed by atoms with Crippen LogP contribution in [0, 0.1) is 6.92 Å². The first-order valence-corrected chi connectivity index (χ1v) is 11.3. The van der Waals surface area contributed by atoms with Crippen molar-refractivity contribution in [2.24, 2.45) is 0 Å². The Morgan fingerprint density at radius 2 is 1.70 bits per heavy atom. The summed E-state index contributed by atoms with van der Waals surface area (Å²) in [6, 6.07) is 25.2. The van der Waals surface area contributed by atoms with E-state index in [0.29, 0.717) is 15.3 Å². The molecule has 4 rings (SSSR count). The first-order chi connectivity index (χ1) is 14.5. The summed E-state index contributed by atoms with van der Waals surface area (Å²) >= 11 is 1.39. The normalized spacial score (nSPS) is 11.8. The summed E-state index contributed by atoms with van der Waals surface area (Å²) in [5, 5.41) is 9.61. The lowest BCUT2D eigenvalue weighted by atomic mass is 10.1. The van der Waals surface area contributed by atoms with Gasteiger partial charge in [-0.3, -0.25) is 4.79 Å². The van der Waals surface area contributed by atoms with Crippen LogP contribution >= 0.6 is 11.3 Å². The number of phenols is 1. The van der Waals surface area contributed by atoms with Crippen molar-refractivity contribution in [3.05, 3.63) is 101 Å². The number of aromatic hydroxyl groups is 1. The predicted octanol–water partition coefficient (Wildman–Crippen LogP) is 5.79. The SMILES string of the molecule is Cc1ccc(S(=O)Nc2cccc(-c3ccc(C(=O)c4cccc(O)c4)s3)c2)cc1. The number of carbonyl (C=O) groups is 1. The molecule has 0 saturated heterocycles. The third-order valence-electron chi connectivity index (χ3n) is 4.53. The van der Waals surface area contributed by atoms with E-state index in [1.54, 1.807) is 18.2 Å². The quantitative estimate of drug-likeness (QED) is 0.378. The monoisotopic (exact) mass is 433 g/mol. The van der Waals surface area contributed by atoms with Crippen molar-refractivity contribution in [2.75, 3.05) is 4.72 Å². The predicted molar refractivity (Wildman–Crippen MR) is 123 cm³/mol. The van der Waals surface area contributed by atoms with E-state index in [2.05, 4.69) is 4.72 Å². The number of anilines is 1. The maximum atomic E-state index is 12.7. The third kappa shape index (κ3) is 4.50. The molecule has 6 heteroatoms. The zero-order valence-corrected chi connectivity index (χ0v) is 17.8. The molecule has 0 saturated carbocycles. The molecule has 1 aromatic heterocycles. The Labute approximate surface area is 181 Å². The van der Waals surface area contributed by atoms with E-state index in [1.165, 1.54) is 23.5 Å². The van der Waals surface area contributed by atoms with E-state index in [4.69, 9.17) is 0 Å². The molecule has 0 aliphatic heterocycles. The highest BCUT2D eigenvalue weighted by molar-refractivity contribution is 7.86. The molecule has 3 aromatic carbocycles. The fraction of sp³-hybridized carbons (Fsp3) is 0.0417. The van der Waals surface area contributed by atoms with Crippen molar-refractivity contribution in [1.29, 1.82) is 0 Å². The number of carbonyl (C=O) groups excluding carboxylic acids is 1. The van der Waals surface area contributed by atoms with Crippen molar-refractivity contribution in [3.63, 3.8) is 0 Å². The number of hydrogen-bond donors (Lipinski definition) is 2. The van der Waals surface area contributed by atoms with Gasteiger partial charge in [0.15, 0.2) is 0 Å². The van der Waals surface area contributed by atoms with Crippen LogP contribution in [0.1, 0.15) is 20.8 Å². The van der Waals surface area contributed by atoms with Gasteiger partial charge in [0.2, 0.25) is 5.78 Å². The van der Waals surface area contributed by atoms with Gasteiger partial charge in [-0.15, -0.1) is 11.3 Å². The van der Waals surface area contributed by atoms with E-state index in [-0.39, 0.29) is 11.5 Å². The maximum absolute atomic E-state index is 12.7. The second kappa shape index (κ2) is 8.65. The van der Waals surface area contributed by atoms with E-state index >= 15 is 0 Å². The minimum Gasteiger partial charge on any atom is -0.508 e. The van der Waals surface area contributed by atoms with Crippen LogP contribution in [0.15, 0.2) is 89.8 Å². The van der Waals surface area contributed by atoms with Gasteiger partial charge in [0.1, 0.15) is 16.7 Å². The lowest BCUT2D eigenvalue weighted by Gasteiger charge is -2.08. The Kier molecular flexibility index (Phi) is 5.79. The van der Waals surface area contributed by atoms with Crippen LogP contribution in [0.25, 0.3) is 10.4 Å². The Bertz CT molecular complexity index is 1230. The highest BCUT2D eigenvalue weighted by atomic mass is 32.2. The van der Waals surface area contributed by atoms with Gasteiger partial charge in [0, 0.05) is 16.1 Å². The molecule has 30 heavy (non-hydrogen) atoms. The number of benzene rings is 3. The zero-order chi connectivity index (χ0) is 21.1. The molecule has 0 aliphatic rings. The molecule has 150 valence electrons. The Morgan fingerprint density at radius 3 is 2.47 bits per heavy atom. The molecule has 2 N–H and O–H groups in total. The van der Waals surface area contributed by atoms with Gasteiger partial charge in [-0.1, -0.05) is 42.0 Å².